The molecule has 1 aliphatic heterocycles. The van der Waals surface area contributed by atoms with Crippen molar-refractivity contribution in [1.29, 1.82) is 0 Å². The van der Waals surface area contributed by atoms with Crippen LogP contribution in [-0.2, 0) is 4.74 Å². The van der Waals surface area contributed by atoms with E-state index in [-0.39, 0.29) is 23.8 Å². The van der Waals surface area contributed by atoms with E-state index in [2.05, 4.69) is 31.5 Å². The number of aromatic nitrogens is 2. The van der Waals surface area contributed by atoms with Gasteiger partial charge in [0, 0.05) is 56.5 Å². The molecule has 0 aliphatic carbocycles. The molecule has 9 nitrogen and oxygen atoms in total. The average molecular weight is 524 g/mol. The molecule has 1 atom stereocenters. The van der Waals surface area contributed by atoms with Crippen LogP contribution in [0, 0.1) is 6.92 Å². The van der Waals surface area contributed by atoms with Crippen LogP contribution < -0.4 is 14.8 Å². The molecule has 1 fully saturated rings. The normalized spacial score (nSPS) is 15.2. The van der Waals surface area contributed by atoms with Gasteiger partial charge in [0.1, 0.15) is 17.7 Å². The van der Waals surface area contributed by atoms with Crippen molar-refractivity contribution in [2.75, 3.05) is 52.3 Å². The Morgan fingerprint density at radius 3 is 2.49 bits per heavy atom. The van der Waals surface area contributed by atoms with E-state index >= 15 is 0 Å². The molecular formula is C27H33N5O4S. The molecule has 0 radical (unpaired) electrons. The first-order valence-electron chi connectivity index (χ1n) is 12.2. The van der Waals surface area contributed by atoms with E-state index in [0.717, 1.165) is 36.6 Å². The van der Waals surface area contributed by atoms with Gasteiger partial charge < -0.3 is 24.4 Å². The third kappa shape index (κ3) is 8.16. The first kappa shape index (κ1) is 26.9. The number of carbonyl (C=O) groups is 1. The lowest BCUT2D eigenvalue weighted by molar-refractivity contribution is 0.0882. The van der Waals surface area contributed by atoms with Gasteiger partial charge in [-0.3, -0.25) is 4.79 Å². The molecule has 1 amide bonds. The van der Waals surface area contributed by atoms with Gasteiger partial charge in [0.25, 0.3) is 5.91 Å². The minimum atomic E-state index is -0.341. The minimum Gasteiger partial charge on any atom is -0.472 e. The lowest BCUT2D eigenvalue weighted by atomic mass is 10.2. The maximum absolute atomic E-state index is 13.0. The highest BCUT2D eigenvalue weighted by Crippen LogP contribution is 2.29. The van der Waals surface area contributed by atoms with Crippen molar-refractivity contribution in [2.45, 2.75) is 24.8 Å². The van der Waals surface area contributed by atoms with Crippen LogP contribution in [0.2, 0.25) is 0 Å². The Kier molecular flexibility index (Phi) is 9.34. The predicted octanol–water partition coefficient (Wildman–Crippen LogP) is 4.50. The molecule has 10 heteroatoms. The summed E-state index contributed by atoms with van der Waals surface area (Å²) in [5, 5.41) is 2.81. The molecule has 3 aromatic rings. The second kappa shape index (κ2) is 12.9. The van der Waals surface area contributed by atoms with E-state index in [1.807, 2.05) is 44.2 Å². The smallest absolute Gasteiger partial charge is 0.257 e. The Labute approximate surface area is 222 Å². The van der Waals surface area contributed by atoms with Crippen molar-refractivity contribution in [1.82, 2.24) is 19.2 Å². The van der Waals surface area contributed by atoms with Crippen LogP contribution >= 0.6 is 11.9 Å². The number of ether oxygens (including phenoxy) is 3. The molecule has 196 valence electrons. The molecule has 37 heavy (non-hydrogen) atoms. The lowest BCUT2D eigenvalue weighted by Gasteiger charge is -2.31. The number of nitrogens with zero attached hydrogens (tertiary/aromatic N) is 4. The second-order valence-electron chi connectivity index (χ2n) is 8.99. The van der Waals surface area contributed by atoms with Crippen LogP contribution in [0.1, 0.15) is 22.8 Å². The first-order chi connectivity index (χ1) is 17.9. The summed E-state index contributed by atoms with van der Waals surface area (Å²) in [6, 6.07) is 14.7. The Balaban J connectivity index is 1.48. The Bertz CT molecular complexity index is 1170. The third-order valence-corrected chi connectivity index (χ3v) is 6.77. The number of pyridine rings is 2. The standard InChI is InChI=1S/C27H33N5O4S/c1-19-5-10-24(28-17-19)29-27(33)21-15-25(35-20(2)18-34-4)30-26(16-21)36-22-6-8-23(9-7-22)37-32-13-11-31(3)12-14-32/h5-10,15-17,20H,11-14,18H2,1-4H3,(H,28,29,33). The monoisotopic (exact) mass is 523 g/mol. The van der Waals surface area contributed by atoms with Crippen molar-refractivity contribution < 1.29 is 19.0 Å². The maximum Gasteiger partial charge on any atom is 0.257 e. The van der Waals surface area contributed by atoms with Gasteiger partial charge in [-0.05, 0) is 68.7 Å². The molecule has 1 aromatic carbocycles. The Morgan fingerprint density at radius 2 is 1.81 bits per heavy atom. The highest BCUT2D eigenvalue weighted by atomic mass is 32.2. The van der Waals surface area contributed by atoms with Gasteiger partial charge in [0.05, 0.1) is 12.2 Å². The SMILES string of the molecule is COCC(C)Oc1cc(C(=O)Nc2ccc(C)cn2)cc(Oc2ccc(SN3CCN(C)CC3)cc2)n1. The first-order valence-corrected chi connectivity index (χ1v) is 13.0. The van der Waals surface area contributed by atoms with Crippen molar-refractivity contribution in [3.05, 3.63) is 65.9 Å². The molecule has 0 saturated carbocycles. The van der Waals surface area contributed by atoms with Crippen LogP contribution in [0.5, 0.6) is 17.5 Å². The fourth-order valence-electron chi connectivity index (χ4n) is 3.65. The van der Waals surface area contributed by atoms with E-state index in [1.54, 1.807) is 43.5 Å². The summed E-state index contributed by atoms with van der Waals surface area (Å²) in [5.74, 6) is 1.25. The molecular weight excluding hydrogens is 490 g/mol. The number of carbonyl (C=O) groups excluding carboxylic acids is 1. The number of nitrogens with one attached hydrogen (secondary N) is 1. The Hall–Kier alpha value is -3.18. The van der Waals surface area contributed by atoms with Crippen molar-refractivity contribution in [3.8, 4) is 17.5 Å². The van der Waals surface area contributed by atoms with Gasteiger partial charge in [-0.2, -0.15) is 4.98 Å². The molecule has 1 saturated heterocycles. The number of benzene rings is 1. The zero-order valence-electron chi connectivity index (χ0n) is 21.6. The van der Waals surface area contributed by atoms with Crippen molar-refractivity contribution in [2.24, 2.45) is 0 Å². The van der Waals surface area contributed by atoms with Crippen LogP contribution in [0.15, 0.2) is 59.6 Å². The summed E-state index contributed by atoms with van der Waals surface area (Å²) in [7, 11) is 3.75. The summed E-state index contributed by atoms with van der Waals surface area (Å²) in [5.41, 5.74) is 1.35. The predicted molar refractivity (Wildman–Crippen MR) is 145 cm³/mol. The molecule has 0 spiro atoms. The van der Waals surface area contributed by atoms with Crippen molar-refractivity contribution in [3.63, 3.8) is 0 Å². The summed E-state index contributed by atoms with van der Waals surface area (Å²) in [4.78, 5) is 25.2. The topological polar surface area (TPSA) is 89.0 Å². The van der Waals surface area contributed by atoms with Gasteiger partial charge in [-0.1, -0.05) is 6.07 Å². The lowest BCUT2D eigenvalue weighted by Crippen LogP contribution is -2.40. The van der Waals surface area contributed by atoms with Gasteiger partial charge in [-0.15, -0.1) is 0 Å². The zero-order chi connectivity index (χ0) is 26.2. The number of hydrogen-bond acceptors (Lipinski definition) is 9. The van der Waals surface area contributed by atoms with Crippen molar-refractivity contribution >= 4 is 23.7 Å². The number of rotatable bonds is 10. The molecule has 1 N–H and O–H groups in total. The molecule has 4 rings (SSSR count). The molecule has 2 aromatic heterocycles. The largest absolute Gasteiger partial charge is 0.472 e. The van der Waals surface area contributed by atoms with E-state index in [9.17, 15) is 4.79 Å². The van der Waals surface area contributed by atoms with Crippen LogP contribution in [0.4, 0.5) is 5.82 Å². The maximum atomic E-state index is 13.0. The van der Waals surface area contributed by atoms with Gasteiger partial charge >= 0.3 is 0 Å². The molecule has 1 aliphatic rings. The zero-order valence-corrected chi connectivity index (χ0v) is 22.5. The fraction of sp³-hybridized carbons (Fsp3) is 0.370. The summed E-state index contributed by atoms with van der Waals surface area (Å²) in [6.07, 6.45) is 1.44. The highest BCUT2D eigenvalue weighted by Gasteiger charge is 2.17. The fourth-order valence-corrected chi connectivity index (χ4v) is 4.55. The number of likely N-dealkylation sites (N-methyl/N-ethyl adjacent to an activating group) is 1. The number of aryl methyl sites for hydroxylation is 1. The van der Waals surface area contributed by atoms with Crippen LogP contribution in [0.25, 0.3) is 0 Å². The number of hydrogen-bond donors (Lipinski definition) is 1. The van der Waals surface area contributed by atoms with Gasteiger partial charge in [0.15, 0.2) is 0 Å². The number of methoxy groups -OCH3 is 1. The van der Waals surface area contributed by atoms with Crippen LogP contribution in [0.3, 0.4) is 0 Å². The summed E-state index contributed by atoms with van der Waals surface area (Å²) < 4.78 is 19.4. The number of piperazine rings is 1. The van der Waals surface area contributed by atoms with E-state index < -0.39 is 0 Å². The van der Waals surface area contributed by atoms with Gasteiger partial charge in [0.2, 0.25) is 11.8 Å². The summed E-state index contributed by atoms with van der Waals surface area (Å²) >= 11 is 1.75. The number of anilines is 1. The van der Waals surface area contributed by atoms with E-state index in [4.69, 9.17) is 14.2 Å². The highest BCUT2D eigenvalue weighted by molar-refractivity contribution is 7.97. The van der Waals surface area contributed by atoms with E-state index in [0.29, 0.717) is 23.7 Å². The average Bonchev–Trinajstić information content (AvgIpc) is 2.88. The Morgan fingerprint density at radius 1 is 1.08 bits per heavy atom. The van der Waals surface area contributed by atoms with Gasteiger partial charge in [-0.25, -0.2) is 9.29 Å². The quantitative estimate of drug-likeness (QED) is 0.386. The van der Waals surface area contributed by atoms with E-state index in [1.165, 1.54) is 0 Å². The minimum absolute atomic E-state index is 0.253. The second-order valence-corrected chi connectivity index (χ2v) is 10.2. The van der Waals surface area contributed by atoms with Crippen LogP contribution in [-0.4, -0.2) is 78.1 Å². The molecule has 0 bridgehead atoms. The molecule has 1 unspecified atom stereocenters. The third-order valence-electron chi connectivity index (χ3n) is 5.66. The summed E-state index contributed by atoms with van der Waals surface area (Å²) in [6.45, 7) is 8.38. The number of amides is 1. The molecule has 3 heterocycles.